The first-order chi connectivity index (χ1) is 6.74. The van der Waals surface area contributed by atoms with Crippen molar-refractivity contribution >= 4 is 11.9 Å². The molecule has 14 heavy (non-hydrogen) atoms. The largest absolute Gasteiger partial charge is 0.469 e. The van der Waals surface area contributed by atoms with Crippen molar-refractivity contribution < 1.29 is 9.53 Å². The van der Waals surface area contributed by atoms with Gasteiger partial charge in [-0.25, -0.2) is 0 Å². The maximum absolute atomic E-state index is 10.7. The zero-order chi connectivity index (χ0) is 10.8. The number of hydrogen-bond acceptors (Lipinski definition) is 3. The van der Waals surface area contributed by atoms with E-state index >= 15 is 0 Å². The van der Waals surface area contributed by atoms with E-state index in [0.29, 0.717) is 6.42 Å². The molecule has 0 spiro atoms. The Kier molecular flexibility index (Phi) is 7.59. The summed E-state index contributed by atoms with van der Waals surface area (Å²) in [5, 5.41) is 6.01. The minimum Gasteiger partial charge on any atom is -0.469 e. The number of carbonyl (C=O) groups is 1. The molecule has 0 aliphatic heterocycles. The van der Waals surface area contributed by atoms with Gasteiger partial charge in [0, 0.05) is 27.1 Å². The number of methoxy groups -OCH3 is 1. The molecule has 0 saturated heterocycles. The van der Waals surface area contributed by atoms with Gasteiger partial charge in [-0.2, -0.15) is 0 Å². The van der Waals surface area contributed by atoms with Crippen molar-refractivity contribution in [3.05, 3.63) is 0 Å². The monoisotopic (exact) mass is 201 g/mol. The van der Waals surface area contributed by atoms with Gasteiger partial charge in [-0.05, 0) is 12.8 Å². The molecule has 0 bridgehead atoms. The zero-order valence-corrected chi connectivity index (χ0v) is 9.09. The van der Waals surface area contributed by atoms with Gasteiger partial charge in [0.2, 0.25) is 0 Å². The average Bonchev–Trinajstić information content (AvgIpc) is 2.23. The summed E-state index contributed by atoms with van der Waals surface area (Å²) in [5.41, 5.74) is 0. The van der Waals surface area contributed by atoms with E-state index in [2.05, 4.69) is 20.4 Å². The summed E-state index contributed by atoms with van der Waals surface area (Å²) in [4.78, 5) is 14.7. The molecule has 0 amide bonds. The average molecular weight is 201 g/mol. The number of guanidine groups is 1. The lowest BCUT2D eigenvalue weighted by Gasteiger charge is -2.07. The number of aliphatic imine (C=N–C) groups is 1. The van der Waals surface area contributed by atoms with Crippen LogP contribution in [0.15, 0.2) is 4.99 Å². The first kappa shape index (κ1) is 12.7. The molecular weight excluding hydrogens is 182 g/mol. The van der Waals surface area contributed by atoms with Gasteiger partial charge in [-0.3, -0.25) is 9.79 Å². The van der Waals surface area contributed by atoms with Crippen molar-refractivity contribution in [1.82, 2.24) is 10.6 Å². The fourth-order valence-electron chi connectivity index (χ4n) is 0.982. The molecule has 5 heteroatoms. The number of rotatable bonds is 5. The Balaban J connectivity index is 3.33. The number of carbonyl (C=O) groups excluding carboxylic acids is 1. The normalized spacial score (nSPS) is 10.9. The topological polar surface area (TPSA) is 62.7 Å². The van der Waals surface area contributed by atoms with Crippen molar-refractivity contribution in [2.24, 2.45) is 4.99 Å². The highest BCUT2D eigenvalue weighted by Gasteiger charge is 1.99. The van der Waals surface area contributed by atoms with Gasteiger partial charge < -0.3 is 15.4 Å². The van der Waals surface area contributed by atoms with E-state index in [1.54, 1.807) is 7.05 Å². The summed E-state index contributed by atoms with van der Waals surface area (Å²) in [6, 6.07) is 0. The van der Waals surface area contributed by atoms with E-state index < -0.39 is 0 Å². The predicted octanol–water partition coefficient (Wildman–Crippen LogP) is 0.124. The minimum absolute atomic E-state index is 0.150. The Labute approximate surface area is 84.9 Å². The summed E-state index contributed by atoms with van der Waals surface area (Å²) < 4.78 is 4.52. The Morgan fingerprint density at radius 2 is 2.14 bits per heavy atom. The standard InChI is InChI=1S/C9H19N3O2/c1-10-9(11-2)12-7-5-4-6-8(13)14-3/h4-7H2,1-3H3,(H2,10,11,12). The second-order valence-corrected chi connectivity index (χ2v) is 2.78. The summed E-state index contributed by atoms with van der Waals surface area (Å²) in [6.45, 7) is 0.810. The zero-order valence-electron chi connectivity index (χ0n) is 9.09. The molecule has 0 aliphatic carbocycles. The first-order valence-corrected chi connectivity index (χ1v) is 4.69. The molecule has 0 aromatic rings. The third kappa shape index (κ3) is 6.28. The molecule has 0 aliphatic rings. The van der Waals surface area contributed by atoms with Gasteiger partial charge in [0.25, 0.3) is 0 Å². The lowest BCUT2D eigenvalue weighted by Crippen LogP contribution is -2.35. The van der Waals surface area contributed by atoms with Gasteiger partial charge in [0.15, 0.2) is 5.96 Å². The van der Waals surface area contributed by atoms with Gasteiger partial charge >= 0.3 is 5.97 Å². The van der Waals surface area contributed by atoms with Crippen LogP contribution in [0.3, 0.4) is 0 Å². The molecule has 2 N–H and O–H groups in total. The molecule has 0 saturated carbocycles. The third-order valence-corrected chi connectivity index (χ3v) is 1.79. The van der Waals surface area contributed by atoms with Crippen molar-refractivity contribution in [1.29, 1.82) is 0 Å². The lowest BCUT2D eigenvalue weighted by atomic mass is 10.2. The second-order valence-electron chi connectivity index (χ2n) is 2.78. The molecule has 0 fully saturated rings. The highest BCUT2D eigenvalue weighted by molar-refractivity contribution is 5.79. The number of unbranched alkanes of at least 4 members (excludes halogenated alkanes) is 1. The quantitative estimate of drug-likeness (QED) is 0.287. The van der Waals surface area contributed by atoms with E-state index in [9.17, 15) is 4.79 Å². The molecule has 0 atom stereocenters. The van der Waals surface area contributed by atoms with Crippen LogP contribution < -0.4 is 10.6 Å². The van der Waals surface area contributed by atoms with Crippen molar-refractivity contribution in [3.63, 3.8) is 0 Å². The second kappa shape index (κ2) is 8.34. The smallest absolute Gasteiger partial charge is 0.305 e. The van der Waals surface area contributed by atoms with Crippen LogP contribution in [-0.2, 0) is 9.53 Å². The Morgan fingerprint density at radius 3 is 2.64 bits per heavy atom. The molecule has 0 aromatic carbocycles. The van der Waals surface area contributed by atoms with E-state index in [-0.39, 0.29) is 5.97 Å². The van der Waals surface area contributed by atoms with Gasteiger partial charge in [0.1, 0.15) is 0 Å². The number of ether oxygens (including phenoxy) is 1. The summed E-state index contributed by atoms with van der Waals surface area (Å²) in [5.74, 6) is 0.617. The van der Waals surface area contributed by atoms with Gasteiger partial charge in [-0.1, -0.05) is 0 Å². The minimum atomic E-state index is -0.150. The first-order valence-electron chi connectivity index (χ1n) is 4.69. The SMILES string of the molecule is CN=C(NC)NCCCCC(=O)OC. The molecule has 0 heterocycles. The van der Waals surface area contributed by atoms with Gasteiger partial charge in [0.05, 0.1) is 7.11 Å². The predicted molar refractivity (Wildman–Crippen MR) is 56.3 cm³/mol. The maximum atomic E-state index is 10.7. The molecule has 0 radical (unpaired) electrons. The van der Waals surface area contributed by atoms with Gasteiger partial charge in [-0.15, -0.1) is 0 Å². The number of nitrogens with one attached hydrogen (secondary N) is 2. The van der Waals surface area contributed by atoms with E-state index in [1.165, 1.54) is 7.11 Å². The Bertz CT molecular complexity index is 192. The van der Waals surface area contributed by atoms with Crippen LogP contribution in [-0.4, -0.2) is 39.7 Å². The molecule has 0 aromatic heterocycles. The van der Waals surface area contributed by atoms with Crippen LogP contribution >= 0.6 is 0 Å². The van der Waals surface area contributed by atoms with Crippen LogP contribution in [0.2, 0.25) is 0 Å². The maximum Gasteiger partial charge on any atom is 0.305 e. The molecule has 5 nitrogen and oxygen atoms in total. The van der Waals surface area contributed by atoms with Crippen molar-refractivity contribution in [2.45, 2.75) is 19.3 Å². The van der Waals surface area contributed by atoms with E-state index in [1.807, 2.05) is 7.05 Å². The summed E-state index contributed by atoms with van der Waals surface area (Å²) in [7, 11) is 4.93. The van der Waals surface area contributed by atoms with Crippen LogP contribution in [0.1, 0.15) is 19.3 Å². The number of nitrogens with zero attached hydrogens (tertiary/aromatic N) is 1. The Hall–Kier alpha value is -1.26. The molecular formula is C9H19N3O2. The highest BCUT2D eigenvalue weighted by atomic mass is 16.5. The number of hydrogen-bond donors (Lipinski definition) is 2. The summed E-state index contributed by atoms with van der Waals surface area (Å²) >= 11 is 0. The Morgan fingerprint density at radius 1 is 1.43 bits per heavy atom. The van der Waals surface area contributed by atoms with E-state index in [0.717, 1.165) is 25.3 Å². The summed E-state index contributed by atoms with van der Waals surface area (Å²) in [6.07, 6.45) is 2.24. The van der Waals surface area contributed by atoms with Crippen LogP contribution in [0.4, 0.5) is 0 Å². The van der Waals surface area contributed by atoms with Crippen molar-refractivity contribution in [3.8, 4) is 0 Å². The fraction of sp³-hybridized carbons (Fsp3) is 0.778. The van der Waals surface area contributed by atoms with Crippen molar-refractivity contribution in [2.75, 3.05) is 27.7 Å². The fourth-order valence-corrected chi connectivity index (χ4v) is 0.982. The third-order valence-electron chi connectivity index (χ3n) is 1.79. The molecule has 0 rings (SSSR count). The number of esters is 1. The van der Waals surface area contributed by atoms with Crippen LogP contribution in [0, 0.1) is 0 Å². The lowest BCUT2D eigenvalue weighted by molar-refractivity contribution is -0.140. The van der Waals surface area contributed by atoms with Crippen LogP contribution in [0.5, 0.6) is 0 Å². The molecule has 0 unspecified atom stereocenters. The molecule has 82 valence electrons. The van der Waals surface area contributed by atoms with Crippen LogP contribution in [0.25, 0.3) is 0 Å². The van der Waals surface area contributed by atoms with E-state index in [4.69, 9.17) is 0 Å². The highest BCUT2D eigenvalue weighted by Crippen LogP contribution is 1.95.